The molecule has 8 aromatic rings. The van der Waals surface area contributed by atoms with Gasteiger partial charge in [-0.15, -0.1) is 0 Å². The molecule has 8 N–H and O–H groups in total. The minimum atomic E-state index is 0. The van der Waals surface area contributed by atoms with E-state index in [1.807, 2.05) is 0 Å². The SMILES string of the molecule is C.C.C.C.CC[NH+](C)CC.CC[NH+](C)CC.CC[NH+](C)CC.CC[NH+](C)CC.CC[NH+](C)CC.CC[NH+](C)CC.CC[NH+](C)CC.CC[NH+](C)CC.c1ccc2ccccc2c1.c1ccc2ccccc2c1.c1ccc2ccccc2c1.c1ccc2ccccc2c1. The van der Waals surface area contributed by atoms with Gasteiger partial charge in [-0.05, 0) is 154 Å². The number of benzene rings is 8. The molecule has 528 valence electrons. The molecule has 92 heavy (non-hydrogen) atoms. The van der Waals surface area contributed by atoms with Crippen molar-refractivity contribution in [2.45, 2.75) is 140 Å². The van der Waals surface area contributed by atoms with Gasteiger partial charge in [-0.3, -0.25) is 0 Å². The number of hydrogen-bond acceptors (Lipinski definition) is 0. The summed E-state index contributed by atoms with van der Waals surface area (Å²) < 4.78 is 0. The van der Waals surface area contributed by atoms with Gasteiger partial charge in [0.1, 0.15) is 0 Å². The average Bonchev–Trinajstić information content (AvgIpc) is 1.26. The summed E-state index contributed by atoms with van der Waals surface area (Å²) in [5.41, 5.74) is 0. The number of fused-ring (bicyclic) bond motifs is 4. The average molecular weight is 1280 g/mol. The fourth-order valence-corrected chi connectivity index (χ4v) is 6.53. The summed E-state index contributed by atoms with van der Waals surface area (Å²) in [6, 6.07) is 66.9. The Labute approximate surface area is 575 Å². The molecule has 8 rings (SSSR count). The standard InChI is InChI=1S/4C10H8.8C5H13N.4CH4/c4*1-2-6-10-8-4-3-7-9(10)5-1;8*1-4-6(3)5-2;;;;/h4*1-8H;8*4-5H2,1-3H3;4*1H4/p+8. The van der Waals surface area contributed by atoms with Crippen LogP contribution in [-0.2, 0) is 0 Å². The molecule has 0 atom stereocenters. The van der Waals surface area contributed by atoms with Crippen molar-refractivity contribution < 1.29 is 39.2 Å². The van der Waals surface area contributed by atoms with Gasteiger partial charge in [-0.2, -0.15) is 0 Å². The smallest absolute Gasteiger partial charge is 0.0740 e. The molecule has 8 aromatic carbocycles. The van der Waals surface area contributed by atoms with E-state index in [0.717, 1.165) is 0 Å². The highest BCUT2D eigenvalue weighted by atomic mass is 15.1. The van der Waals surface area contributed by atoms with Crippen LogP contribution >= 0.6 is 0 Å². The highest BCUT2D eigenvalue weighted by molar-refractivity contribution is 5.84. The highest BCUT2D eigenvalue weighted by Gasteiger charge is 1.92. The van der Waals surface area contributed by atoms with Crippen LogP contribution in [-0.4, -0.2) is 161 Å². The Hall–Kier alpha value is -5.52. The lowest BCUT2D eigenvalue weighted by Gasteiger charge is -2.04. The van der Waals surface area contributed by atoms with Crippen molar-refractivity contribution in [1.82, 2.24) is 0 Å². The third-order valence-corrected chi connectivity index (χ3v) is 16.3. The first kappa shape index (κ1) is 103. The normalized spacial score (nSPS) is 9.57. The van der Waals surface area contributed by atoms with Crippen molar-refractivity contribution in [2.24, 2.45) is 0 Å². The fourth-order valence-electron chi connectivity index (χ4n) is 6.53. The second-order valence-corrected chi connectivity index (χ2v) is 22.7. The maximum Gasteiger partial charge on any atom is 0.0740 e. The summed E-state index contributed by atoms with van der Waals surface area (Å²) in [6.45, 7) is 55.0. The Morgan fingerprint density at radius 1 is 0.141 bits per heavy atom. The van der Waals surface area contributed by atoms with Crippen molar-refractivity contribution in [3.8, 4) is 0 Å². The molecule has 0 aliphatic carbocycles. The summed E-state index contributed by atoms with van der Waals surface area (Å²) in [7, 11) is 17.6. The molecule has 0 amide bonds. The van der Waals surface area contributed by atoms with Gasteiger partial charge in [0.15, 0.2) is 0 Å². The molecule has 0 heterocycles. The predicted molar refractivity (Wildman–Crippen MR) is 426 cm³/mol. The Morgan fingerprint density at radius 2 is 0.196 bits per heavy atom. The first-order valence-corrected chi connectivity index (χ1v) is 34.6. The fraction of sp³-hybridized carbons (Fsp3) is 0.524. The maximum atomic E-state index is 2.19. The maximum absolute atomic E-state index is 2.19. The van der Waals surface area contributed by atoms with Crippen molar-refractivity contribution in [3.63, 3.8) is 0 Å². The lowest BCUT2D eigenvalue weighted by atomic mass is 10.1. The molecule has 0 fully saturated rings. The lowest BCUT2D eigenvalue weighted by Crippen LogP contribution is -3.08. The molecule has 0 radical (unpaired) electrons. The first-order chi connectivity index (χ1) is 42.3. The second kappa shape index (κ2) is 74.5. The molecule has 0 bridgehead atoms. The zero-order valence-electron chi connectivity index (χ0n) is 61.8. The van der Waals surface area contributed by atoms with Crippen LogP contribution < -0.4 is 39.2 Å². The summed E-state index contributed by atoms with van der Waals surface area (Å²) >= 11 is 0. The van der Waals surface area contributed by atoms with Gasteiger partial charge < -0.3 is 39.2 Å². The molecule has 8 heteroatoms. The van der Waals surface area contributed by atoms with Crippen LogP contribution in [0, 0.1) is 0 Å². The zero-order valence-corrected chi connectivity index (χ0v) is 61.8. The third-order valence-electron chi connectivity index (χ3n) is 16.3. The van der Waals surface area contributed by atoms with E-state index >= 15 is 0 Å². The minimum absolute atomic E-state index is 0. The minimum Gasteiger partial charge on any atom is -0.338 e. The molecule has 0 aliphatic rings. The van der Waals surface area contributed by atoms with Crippen LogP contribution in [0.15, 0.2) is 194 Å². The largest absolute Gasteiger partial charge is 0.338 e. The first-order valence-electron chi connectivity index (χ1n) is 34.6. The van der Waals surface area contributed by atoms with E-state index in [4.69, 9.17) is 0 Å². The van der Waals surface area contributed by atoms with Crippen molar-refractivity contribution >= 4 is 43.1 Å². The van der Waals surface area contributed by atoms with E-state index in [9.17, 15) is 0 Å². The van der Waals surface area contributed by atoms with Crippen LogP contribution in [0.5, 0.6) is 0 Å². The van der Waals surface area contributed by atoms with E-state index in [2.05, 4.69) is 361 Å². The van der Waals surface area contributed by atoms with Gasteiger partial charge in [0.05, 0.1) is 161 Å². The van der Waals surface area contributed by atoms with Crippen LogP contribution in [0.2, 0.25) is 0 Å². The molecule has 0 aliphatic heterocycles. The van der Waals surface area contributed by atoms with Gasteiger partial charge in [-0.25, -0.2) is 0 Å². The predicted octanol–water partition coefficient (Wildman–Crippen LogP) is 10.2. The van der Waals surface area contributed by atoms with E-state index in [0.29, 0.717) is 0 Å². The van der Waals surface area contributed by atoms with Gasteiger partial charge in [0.25, 0.3) is 0 Å². The number of hydrogen-bond donors (Lipinski definition) is 8. The van der Waals surface area contributed by atoms with E-state index in [1.54, 1.807) is 39.2 Å². The highest BCUT2D eigenvalue weighted by Crippen LogP contribution is 2.14. The quantitative estimate of drug-likeness (QED) is 0.0475. The summed E-state index contributed by atoms with van der Waals surface area (Å²) in [6.07, 6.45) is 0. The Balaban J connectivity index is -0.000000140. The molecule has 8 nitrogen and oxygen atoms in total. The van der Waals surface area contributed by atoms with E-state index in [-0.39, 0.29) is 29.7 Å². The van der Waals surface area contributed by atoms with E-state index in [1.165, 1.54) is 148 Å². The number of rotatable bonds is 16. The number of nitrogens with one attached hydrogen (secondary N) is 8. The summed E-state index contributed by atoms with van der Waals surface area (Å²) in [5.74, 6) is 0. The van der Waals surface area contributed by atoms with Crippen molar-refractivity contribution in [3.05, 3.63) is 194 Å². The molecular formula is C84H160N8+8. The molecule has 0 unspecified atom stereocenters. The van der Waals surface area contributed by atoms with Crippen LogP contribution in [0.25, 0.3) is 43.1 Å². The van der Waals surface area contributed by atoms with Gasteiger partial charge in [0, 0.05) is 0 Å². The van der Waals surface area contributed by atoms with Crippen molar-refractivity contribution in [1.29, 1.82) is 0 Å². The Kier molecular flexibility index (Phi) is 83.1. The molecule has 0 spiro atoms. The topological polar surface area (TPSA) is 35.5 Å². The van der Waals surface area contributed by atoms with Gasteiger partial charge >= 0.3 is 0 Å². The Morgan fingerprint density at radius 3 is 0.228 bits per heavy atom. The monoisotopic (exact) mass is 1280 g/mol. The molecular weight excluding hydrogens is 1120 g/mol. The van der Waals surface area contributed by atoms with Gasteiger partial charge in [0.2, 0.25) is 0 Å². The zero-order chi connectivity index (χ0) is 67.2. The molecule has 0 saturated carbocycles. The Bertz CT molecular complexity index is 1960. The summed E-state index contributed by atoms with van der Waals surface area (Å²) in [4.78, 5) is 12.7. The lowest BCUT2D eigenvalue weighted by molar-refractivity contribution is -0.875. The second-order valence-electron chi connectivity index (χ2n) is 22.7. The van der Waals surface area contributed by atoms with E-state index < -0.39 is 0 Å². The van der Waals surface area contributed by atoms with Crippen molar-refractivity contribution in [2.75, 3.05) is 161 Å². The third kappa shape index (κ3) is 60.7. The molecule has 0 aromatic heterocycles. The number of quaternary nitrogens is 8. The summed E-state index contributed by atoms with van der Waals surface area (Å²) in [5, 5.41) is 10.5. The van der Waals surface area contributed by atoms with Gasteiger partial charge in [-0.1, -0.05) is 224 Å². The van der Waals surface area contributed by atoms with Crippen LogP contribution in [0.1, 0.15) is 140 Å². The van der Waals surface area contributed by atoms with Crippen LogP contribution in [0.3, 0.4) is 0 Å². The van der Waals surface area contributed by atoms with Crippen LogP contribution in [0.4, 0.5) is 0 Å². The molecule has 0 saturated heterocycles.